The highest BCUT2D eigenvalue weighted by atomic mass is 16.5. The van der Waals surface area contributed by atoms with Crippen LogP contribution < -0.4 is 15.8 Å². The van der Waals surface area contributed by atoms with Crippen LogP contribution in [0.4, 0.5) is 5.95 Å². The van der Waals surface area contributed by atoms with Crippen molar-refractivity contribution in [2.24, 2.45) is 5.92 Å². The molecule has 0 saturated heterocycles. The first-order valence-electron chi connectivity index (χ1n) is 11.1. The average Bonchev–Trinajstić information content (AvgIpc) is 3.25. The number of ether oxygens (including phenoxy) is 1. The quantitative estimate of drug-likeness (QED) is 0.434. The van der Waals surface area contributed by atoms with Crippen molar-refractivity contribution in [3.05, 3.63) is 65.6 Å². The lowest BCUT2D eigenvalue weighted by atomic mass is 9.94. The highest BCUT2D eigenvalue weighted by molar-refractivity contribution is 5.94. The molecule has 1 aliphatic rings. The van der Waals surface area contributed by atoms with Gasteiger partial charge < -0.3 is 20.8 Å². The van der Waals surface area contributed by atoms with Crippen LogP contribution in [0.5, 0.6) is 5.75 Å². The van der Waals surface area contributed by atoms with Gasteiger partial charge in [0.15, 0.2) is 0 Å². The summed E-state index contributed by atoms with van der Waals surface area (Å²) in [5.41, 5.74) is 10.9. The Morgan fingerprint density at radius 3 is 2.91 bits per heavy atom. The summed E-state index contributed by atoms with van der Waals surface area (Å²) in [5, 5.41) is 2.97. The summed E-state index contributed by atoms with van der Waals surface area (Å²) in [7, 11) is 0. The van der Waals surface area contributed by atoms with Gasteiger partial charge in [0.2, 0.25) is 5.95 Å². The highest BCUT2D eigenvalue weighted by Crippen LogP contribution is 2.33. The number of anilines is 1. The number of imidazole rings is 1. The molecule has 0 fully saturated rings. The van der Waals surface area contributed by atoms with Crippen LogP contribution >= 0.6 is 0 Å². The molecular formula is C25H26N6O2. The monoisotopic (exact) mass is 442 g/mol. The van der Waals surface area contributed by atoms with Crippen LogP contribution in [0.3, 0.4) is 0 Å². The zero-order valence-corrected chi connectivity index (χ0v) is 18.6. The van der Waals surface area contributed by atoms with E-state index in [0.717, 1.165) is 45.8 Å². The van der Waals surface area contributed by atoms with Crippen molar-refractivity contribution in [3.8, 4) is 17.0 Å². The molecule has 5 rings (SSSR count). The Hall–Kier alpha value is -3.94. The second-order valence-corrected chi connectivity index (χ2v) is 8.79. The Balaban J connectivity index is 1.38. The first-order chi connectivity index (χ1) is 16.0. The van der Waals surface area contributed by atoms with Crippen molar-refractivity contribution in [1.29, 1.82) is 0 Å². The highest BCUT2D eigenvalue weighted by Gasteiger charge is 2.25. The number of amides is 1. The second kappa shape index (κ2) is 8.54. The molecule has 1 unspecified atom stereocenters. The fourth-order valence-electron chi connectivity index (χ4n) is 4.02. The van der Waals surface area contributed by atoms with E-state index in [0.29, 0.717) is 24.6 Å². The first-order valence-corrected chi connectivity index (χ1v) is 11.1. The largest absolute Gasteiger partial charge is 0.493 e. The van der Waals surface area contributed by atoms with Crippen molar-refractivity contribution in [2.45, 2.75) is 26.2 Å². The van der Waals surface area contributed by atoms with Crippen LogP contribution in [-0.2, 0) is 6.42 Å². The predicted molar refractivity (Wildman–Crippen MR) is 127 cm³/mol. The topological polar surface area (TPSA) is 119 Å². The summed E-state index contributed by atoms with van der Waals surface area (Å²) in [6, 6.07) is 13.4. The molecule has 8 heteroatoms. The zero-order chi connectivity index (χ0) is 22.9. The lowest BCUT2D eigenvalue weighted by Gasteiger charge is -2.24. The van der Waals surface area contributed by atoms with Crippen LogP contribution in [-0.4, -0.2) is 39.0 Å². The smallest absolute Gasteiger partial charge is 0.251 e. The number of aromatic nitrogens is 4. The van der Waals surface area contributed by atoms with Gasteiger partial charge in [0, 0.05) is 23.9 Å². The van der Waals surface area contributed by atoms with Crippen molar-refractivity contribution >= 4 is 22.9 Å². The molecule has 1 amide bonds. The molecule has 0 bridgehead atoms. The van der Waals surface area contributed by atoms with Crippen molar-refractivity contribution in [3.63, 3.8) is 0 Å². The van der Waals surface area contributed by atoms with Gasteiger partial charge in [-0.1, -0.05) is 19.9 Å². The minimum atomic E-state index is -0.0600. The average molecular weight is 443 g/mol. The maximum atomic E-state index is 12.5. The maximum Gasteiger partial charge on any atom is 0.251 e. The molecule has 2 aromatic carbocycles. The van der Waals surface area contributed by atoms with E-state index in [1.54, 1.807) is 6.20 Å². The molecule has 33 heavy (non-hydrogen) atoms. The molecule has 4 aromatic rings. The van der Waals surface area contributed by atoms with E-state index in [1.807, 2.05) is 42.5 Å². The minimum absolute atomic E-state index is 0.0600. The van der Waals surface area contributed by atoms with E-state index in [2.05, 4.69) is 34.1 Å². The number of hydrogen-bond donors (Lipinski definition) is 3. The second-order valence-electron chi connectivity index (χ2n) is 8.79. The fraction of sp³-hybridized carbons (Fsp3) is 0.280. The van der Waals surface area contributed by atoms with Gasteiger partial charge in [-0.05, 0) is 54.3 Å². The number of benzene rings is 2. The molecule has 4 N–H and O–H groups in total. The van der Waals surface area contributed by atoms with Crippen LogP contribution in [0.15, 0.2) is 48.7 Å². The van der Waals surface area contributed by atoms with Gasteiger partial charge in [-0.3, -0.25) is 4.79 Å². The van der Waals surface area contributed by atoms with Gasteiger partial charge in [-0.15, -0.1) is 0 Å². The predicted octanol–water partition coefficient (Wildman–Crippen LogP) is 3.71. The first kappa shape index (κ1) is 20.9. The minimum Gasteiger partial charge on any atom is -0.493 e. The van der Waals surface area contributed by atoms with Gasteiger partial charge in [0.05, 0.1) is 29.3 Å². The third-order valence-electron chi connectivity index (χ3n) is 5.76. The van der Waals surface area contributed by atoms with Crippen LogP contribution in [0, 0.1) is 5.92 Å². The summed E-state index contributed by atoms with van der Waals surface area (Å²) >= 11 is 0. The Morgan fingerprint density at radius 1 is 1.21 bits per heavy atom. The van der Waals surface area contributed by atoms with E-state index < -0.39 is 0 Å². The van der Waals surface area contributed by atoms with E-state index in [-0.39, 0.29) is 17.8 Å². The molecule has 3 heterocycles. The van der Waals surface area contributed by atoms with Gasteiger partial charge in [-0.25, -0.2) is 15.0 Å². The Morgan fingerprint density at radius 2 is 2.09 bits per heavy atom. The Kier molecular flexibility index (Phi) is 5.42. The van der Waals surface area contributed by atoms with E-state index >= 15 is 0 Å². The zero-order valence-electron chi connectivity index (χ0n) is 18.6. The molecule has 0 aliphatic carbocycles. The summed E-state index contributed by atoms with van der Waals surface area (Å²) in [6.07, 6.45) is 2.39. The van der Waals surface area contributed by atoms with E-state index in [9.17, 15) is 4.79 Å². The molecule has 0 saturated carbocycles. The van der Waals surface area contributed by atoms with Crippen LogP contribution in [0.25, 0.3) is 22.3 Å². The van der Waals surface area contributed by atoms with Gasteiger partial charge in [0.25, 0.3) is 5.91 Å². The lowest BCUT2D eigenvalue weighted by molar-refractivity contribution is 0.0948. The number of nitrogen functional groups attached to an aromatic ring is 1. The molecule has 8 nitrogen and oxygen atoms in total. The maximum absolute atomic E-state index is 12.5. The van der Waals surface area contributed by atoms with E-state index in [4.69, 9.17) is 15.5 Å². The number of carbonyl (C=O) groups excluding carboxylic acids is 1. The summed E-state index contributed by atoms with van der Waals surface area (Å²) < 4.78 is 6.00. The number of fused-ring (bicyclic) bond motifs is 2. The van der Waals surface area contributed by atoms with Crippen molar-refractivity contribution < 1.29 is 9.53 Å². The Bertz CT molecular complexity index is 1330. The normalized spacial score (nSPS) is 15.3. The summed E-state index contributed by atoms with van der Waals surface area (Å²) in [5.74, 6) is 2.34. The van der Waals surface area contributed by atoms with E-state index in [1.165, 1.54) is 0 Å². The third kappa shape index (κ3) is 4.37. The molecule has 0 spiro atoms. The van der Waals surface area contributed by atoms with Gasteiger partial charge in [-0.2, -0.15) is 0 Å². The third-order valence-corrected chi connectivity index (χ3v) is 5.76. The molecule has 168 valence electrons. The van der Waals surface area contributed by atoms with Crippen LogP contribution in [0.1, 0.15) is 41.5 Å². The number of nitrogens with one attached hydrogen (secondary N) is 2. The van der Waals surface area contributed by atoms with Crippen LogP contribution in [0.2, 0.25) is 0 Å². The number of carbonyl (C=O) groups is 1. The molecular weight excluding hydrogens is 416 g/mol. The summed E-state index contributed by atoms with van der Waals surface area (Å²) in [4.78, 5) is 29.0. The number of rotatable bonds is 5. The molecule has 2 aromatic heterocycles. The molecule has 0 radical (unpaired) electrons. The number of nitrogens with two attached hydrogens (primary N) is 1. The summed E-state index contributed by atoms with van der Waals surface area (Å²) in [6.45, 7) is 5.33. The van der Waals surface area contributed by atoms with Crippen molar-refractivity contribution in [2.75, 3.05) is 18.9 Å². The number of H-pyrrole nitrogens is 1. The van der Waals surface area contributed by atoms with Gasteiger partial charge >= 0.3 is 0 Å². The lowest BCUT2D eigenvalue weighted by Crippen LogP contribution is -2.28. The van der Waals surface area contributed by atoms with Gasteiger partial charge in [0.1, 0.15) is 11.6 Å². The number of aromatic amines is 1. The Labute approximate surface area is 191 Å². The fourth-order valence-corrected chi connectivity index (χ4v) is 4.02. The standard InChI is InChI=1S/C25H26N6O2/c1-14(2)12-28-24(32)16-4-6-22-17(9-16)10-18(13-33-22)23-29-20-5-3-15(11-21(20)30-23)19-7-8-27-25(26)31-19/h3-9,11,14,18H,10,12-13H2,1-2H3,(H,28,32)(H,29,30)(H2,26,27,31). The number of nitrogens with zero attached hydrogens (tertiary/aromatic N) is 3. The molecule has 1 aliphatic heterocycles. The van der Waals surface area contributed by atoms with Crippen molar-refractivity contribution in [1.82, 2.24) is 25.3 Å². The molecule has 1 atom stereocenters. The number of hydrogen-bond acceptors (Lipinski definition) is 6. The SMILES string of the molecule is CC(C)CNC(=O)c1ccc2c(c1)CC(c1nc3cc(-c4ccnc(N)n4)ccc3[nH]1)CO2.